The maximum Gasteiger partial charge on any atom is 0.185 e. The second-order valence-electron chi connectivity index (χ2n) is 5.48. The van der Waals surface area contributed by atoms with Gasteiger partial charge in [-0.25, -0.2) is 0 Å². The highest BCUT2D eigenvalue weighted by Gasteiger charge is 2.08. The molecule has 0 aliphatic carbocycles. The zero-order valence-electron chi connectivity index (χ0n) is 13.2. The fourth-order valence-corrected chi connectivity index (χ4v) is 3.12. The summed E-state index contributed by atoms with van der Waals surface area (Å²) in [7, 11) is 0. The van der Waals surface area contributed by atoms with Gasteiger partial charge in [-0.2, -0.15) is 0 Å². The Morgan fingerprint density at radius 3 is 2.17 bits per heavy atom. The van der Waals surface area contributed by atoms with Crippen molar-refractivity contribution in [2.24, 2.45) is 0 Å². The molecular formula is C19H21ClO2S. The Labute approximate surface area is 146 Å². The Morgan fingerprint density at radius 2 is 1.61 bits per heavy atom. The molecule has 2 nitrogen and oxygen atoms in total. The average molecular weight is 349 g/mol. The molecule has 23 heavy (non-hydrogen) atoms. The number of aliphatic hydroxyl groups excluding tert-OH is 1. The van der Waals surface area contributed by atoms with Crippen LogP contribution in [0.5, 0.6) is 0 Å². The minimum Gasteiger partial charge on any atom is -0.388 e. The van der Waals surface area contributed by atoms with Crippen LogP contribution in [0.4, 0.5) is 0 Å². The highest BCUT2D eigenvalue weighted by molar-refractivity contribution is 8.13. The van der Waals surface area contributed by atoms with Crippen LogP contribution in [-0.2, 0) is 4.79 Å². The zero-order chi connectivity index (χ0) is 16.7. The number of hydrogen-bond acceptors (Lipinski definition) is 3. The van der Waals surface area contributed by atoms with E-state index in [1.807, 2.05) is 48.5 Å². The van der Waals surface area contributed by atoms with Gasteiger partial charge in [-0.3, -0.25) is 4.79 Å². The number of carbonyl (C=O) groups excluding carboxylic acids is 1. The Balaban J connectivity index is 1.86. The van der Waals surface area contributed by atoms with Crippen molar-refractivity contribution in [3.05, 3.63) is 59.1 Å². The highest BCUT2D eigenvalue weighted by atomic mass is 35.5. The van der Waals surface area contributed by atoms with Crippen molar-refractivity contribution in [3.8, 4) is 11.1 Å². The lowest BCUT2D eigenvalue weighted by Crippen LogP contribution is -1.98. The molecule has 1 atom stereocenters. The van der Waals surface area contributed by atoms with Crippen LogP contribution in [0.25, 0.3) is 11.1 Å². The molecule has 0 saturated carbocycles. The molecule has 4 heteroatoms. The van der Waals surface area contributed by atoms with Crippen LogP contribution in [0.1, 0.15) is 37.9 Å². The van der Waals surface area contributed by atoms with Crippen LogP contribution in [0.3, 0.4) is 0 Å². The van der Waals surface area contributed by atoms with E-state index < -0.39 is 6.10 Å². The molecule has 0 bridgehead atoms. The van der Waals surface area contributed by atoms with E-state index in [-0.39, 0.29) is 5.12 Å². The first-order valence-corrected chi connectivity index (χ1v) is 9.10. The van der Waals surface area contributed by atoms with Gasteiger partial charge in [0.2, 0.25) is 0 Å². The number of halogens is 1. The van der Waals surface area contributed by atoms with Crippen LogP contribution >= 0.6 is 23.4 Å². The maximum absolute atomic E-state index is 10.8. The molecule has 122 valence electrons. The van der Waals surface area contributed by atoms with Crippen molar-refractivity contribution in [2.75, 3.05) is 5.75 Å². The minimum atomic E-state index is -0.448. The molecule has 1 N–H and O–H groups in total. The third-order valence-corrected chi connectivity index (χ3v) is 4.80. The number of carbonyl (C=O) groups is 1. The largest absolute Gasteiger partial charge is 0.388 e. The third-order valence-electron chi connectivity index (χ3n) is 3.65. The van der Waals surface area contributed by atoms with Crippen molar-refractivity contribution in [1.29, 1.82) is 0 Å². The zero-order valence-corrected chi connectivity index (χ0v) is 14.7. The van der Waals surface area contributed by atoms with Crippen molar-refractivity contribution < 1.29 is 9.90 Å². The second kappa shape index (κ2) is 9.11. The summed E-state index contributed by atoms with van der Waals surface area (Å²) in [5.74, 6) is 0.831. The highest BCUT2D eigenvalue weighted by Crippen LogP contribution is 2.25. The molecule has 2 rings (SSSR count). The summed E-state index contributed by atoms with van der Waals surface area (Å²) in [6.07, 6.45) is 2.14. The normalized spacial score (nSPS) is 12.1. The number of benzene rings is 2. The SMILES string of the molecule is CC(=O)SCCCCC(O)c1ccc(-c2ccc(Cl)cc2)cc1. The molecule has 0 heterocycles. The van der Waals surface area contributed by atoms with E-state index in [1.165, 1.54) is 11.8 Å². The lowest BCUT2D eigenvalue weighted by molar-refractivity contribution is -0.109. The molecule has 2 aromatic rings. The van der Waals surface area contributed by atoms with Gasteiger partial charge in [0.1, 0.15) is 0 Å². The quantitative estimate of drug-likeness (QED) is 0.672. The predicted octanol–water partition coefficient (Wildman–Crippen LogP) is 5.49. The smallest absolute Gasteiger partial charge is 0.185 e. The number of thioether (sulfide) groups is 1. The van der Waals surface area contributed by atoms with E-state index in [1.54, 1.807) is 6.92 Å². The fourth-order valence-electron chi connectivity index (χ4n) is 2.36. The van der Waals surface area contributed by atoms with Gasteiger partial charge in [0.05, 0.1) is 6.10 Å². The molecule has 1 unspecified atom stereocenters. The van der Waals surface area contributed by atoms with E-state index in [0.29, 0.717) is 0 Å². The molecule has 0 spiro atoms. The molecule has 0 saturated heterocycles. The van der Waals surface area contributed by atoms with Gasteiger partial charge in [0.15, 0.2) is 5.12 Å². The fraction of sp³-hybridized carbons (Fsp3) is 0.316. The van der Waals surface area contributed by atoms with Crippen LogP contribution < -0.4 is 0 Å². The molecule has 0 fully saturated rings. The molecule has 0 aliphatic rings. The molecular weight excluding hydrogens is 328 g/mol. The van der Waals surface area contributed by atoms with Gasteiger partial charge in [-0.05, 0) is 48.1 Å². The van der Waals surface area contributed by atoms with Crippen molar-refractivity contribution in [3.63, 3.8) is 0 Å². The number of rotatable bonds is 7. The van der Waals surface area contributed by atoms with E-state index in [4.69, 9.17) is 11.6 Å². The van der Waals surface area contributed by atoms with Crippen LogP contribution in [-0.4, -0.2) is 16.0 Å². The third kappa shape index (κ3) is 6.02. The second-order valence-corrected chi connectivity index (χ2v) is 7.19. The Hall–Kier alpha value is -1.29. The summed E-state index contributed by atoms with van der Waals surface area (Å²) in [4.78, 5) is 10.8. The molecule has 0 amide bonds. The summed E-state index contributed by atoms with van der Waals surface area (Å²) < 4.78 is 0. The standard InChI is InChI=1S/C19H21ClO2S/c1-14(21)23-13-3-2-4-19(22)17-7-5-15(6-8-17)16-9-11-18(20)12-10-16/h5-12,19,22H,2-4,13H2,1H3. The van der Waals surface area contributed by atoms with Crippen LogP contribution in [0.2, 0.25) is 5.02 Å². The van der Waals surface area contributed by atoms with Gasteiger partial charge in [-0.15, -0.1) is 0 Å². The summed E-state index contributed by atoms with van der Waals surface area (Å²) in [5.41, 5.74) is 3.15. The molecule has 0 aromatic heterocycles. The summed E-state index contributed by atoms with van der Waals surface area (Å²) in [6, 6.07) is 15.7. The van der Waals surface area contributed by atoms with Gasteiger partial charge >= 0.3 is 0 Å². The number of aliphatic hydroxyl groups is 1. The first kappa shape index (κ1) is 18.1. The number of hydrogen-bond donors (Lipinski definition) is 1. The summed E-state index contributed by atoms with van der Waals surface area (Å²) in [6.45, 7) is 1.59. The first-order chi connectivity index (χ1) is 11.1. The summed E-state index contributed by atoms with van der Waals surface area (Å²) >= 11 is 7.25. The average Bonchev–Trinajstić information content (AvgIpc) is 2.55. The Morgan fingerprint density at radius 1 is 1.04 bits per heavy atom. The lowest BCUT2D eigenvalue weighted by atomic mass is 9.99. The topological polar surface area (TPSA) is 37.3 Å². The van der Waals surface area contributed by atoms with Gasteiger partial charge < -0.3 is 5.11 Å². The van der Waals surface area contributed by atoms with Gasteiger partial charge in [-0.1, -0.05) is 59.8 Å². The van der Waals surface area contributed by atoms with E-state index >= 15 is 0 Å². The van der Waals surface area contributed by atoms with Gasteiger partial charge in [0, 0.05) is 17.7 Å². The molecule has 0 aliphatic heterocycles. The molecule has 2 aromatic carbocycles. The number of unbranched alkanes of at least 4 members (excludes halogenated alkanes) is 1. The van der Waals surface area contributed by atoms with Crippen molar-refractivity contribution in [1.82, 2.24) is 0 Å². The predicted molar refractivity (Wildman–Crippen MR) is 98.8 cm³/mol. The minimum absolute atomic E-state index is 0.156. The Bertz CT molecular complexity index is 623. The first-order valence-electron chi connectivity index (χ1n) is 7.73. The molecule has 0 radical (unpaired) electrons. The maximum atomic E-state index is 10.8. The van der Waals surface area contributed by atoms with Crippen LogP contribution in [0.15, 0.2) is 48.5 Å². The monoisotopic (exact) mass is 348 g/mol. The summed E-state index contributed by atoms with van der Waals surface area (Å²) in [5, 5.41) is 11.1. The Kier molecular flexibility index (Phi) is 7.15. The van der Waals surface area contributed by atoms with E-state index in [2.05, 4.69) is 0 Å². The van der Waals surface area contributed by atoms with Gasteiger partial charge in [0.25, 0.3) is 0 Å². The van der Waals surface area contributed by atoms with Crippen molar-refractivity contribution in [2.45, 2.75) is 32.3 Å². The van der Waals surface area contributed by atoms with Crippen LogP contribution in [0, 0.1) is 0 Å². The van der Waals surface area contributed by atoms with E-state index in [0.717, 1.165) is 46.7 Å². The van der Waals surface area contributed by atoms with Crippen molar-refractivity contribution >= 4 is 28.5 Å². The van der Waals surface area contributed by atoms with E-state index in [9.17, 15) is 9.90 Å². The lowest BCUT2D eigenvalue weighted by Gasteiger charge is -2.11.